The Balaban J connectivity index is 3.78. The van der Waals surface area contributed by atoms with E-state index in [1.165, 1.54) is 0 Å². The van der Waals surface area contributed by atoms with Gasteiger partial charge >= 0.3 is 5.97 Å². The minimum Gasteiger partial charge on any atom is -0.481 e. The van der Waals surface area contributed by atoms with Crippen LogP contribution in [0.4, 0.5) is 0 Å². The van der Waals surface area contributed by atoms with E-state index in [4.69, 9.17) is 15.6 Å². The van der Waals surface area contributed by atoms with E-state index in [-0.39, 0.29) is 12.5 Å². The summed E-state index contributed by atoms with van der Waals surface area (Å²) in [5.41, 5.74) is 4.85. The summed E-state index contributed by atoms with van der Waals surface area (Å²) in [6.07, 6.45) is 0.397. The highest BCUT2D eigenvalue weighted by Gasteiger charge is 2.21. The molecule has 0 aliphatic carbocycles. The molecule has 0 rings (SSSR count). The lowest BCUT2D eigenvalue weighted by atomic mass is 10.1. The standard InChI is InChI=1S/C8H17NO3/c1-6(2)12-8(3,9)5-4-7(10)11/h6H,4-5,9H2,1-3H3,(H,10,11). The lowest BCUT2D eigenvalue weighted by molar-refractivity contribution is -0.140. The molecule has 3 N–H and O–H groups in total. The molecule has 1 unspecified atom stereocenters. The van der Waals surface area contributed by atoms with Crippen LogP contribution >= 0.6 is 0 Å². The van der Waals surface area contributed by atoms with Gasteiger partial charge in [0, 0.05) is 6.42 Å². The van der Waals surface area contributed by atoms with Crippen molar-refractivity contribution in [1.82, 2.24) is 0 Å². The predicted octanol–water partition coefficient (Wildman–Crippen LogP) is 0.951. The highest BCUT2D eigenvalue weighted by molar-refractivity contribution is 5.66. The number of aliphatic carboxylic acids is 1. The molecule has 0 radical (unpaired) electrons. The van der Waals surface area contributed by atoms with Crippen molar-refractivity contribution in [3.8, 4) is 0 Å². The van der Waals surface area contributed by atoms with Gasteiger partial charge in [0.15, 0.2) is 0 Å². The Kier molecular flexibility index (Phi) is 4.20. The van der Waals surface area contributed by atoms with E-state index in [0.717, 1.165) is 0 Å². The Labute approximate surface area is 72.7 Å². The number of carbonyl (C=O) groups is 1. The lowest BCUT2D eigenvalue weighted by Gasteiger charge is -2.26. The average Bonchev–Trinajstić information content (AvgIpc) is 1.81. The van der Waals surface area contributed by atoms with E-state index in [1.54, 1.807) is 6.92 Å². The van der Waals surface area contributed by atoms with E-state index in [9.17, 15) is 4.79 Å². The number of rotatable bonds is 5. The van der Waals surface area contributed by atoms with Crippen LogP contribution in [-0.4, -0.2) is 22.9 Å². The third-order valence-corrected chi connectivity index (χ3v) is 1.34. The molecule has 4 nitrogen and oxygen atoms in total. The highest BCUT2D eigenvalue weighted by atomic mass is 16.5. The van der Waals surface area contributed by atoms with Crippen molar-refractivity contribution in [2.24, 2.45) is 5.73 Å². The van der Waals surface area contributed by atoms with Gasteiger partial charge in [-0.05, 0) is 27.2 Å². The first kappa shape index (κ1) is 11.4. The van der Waals surface area contributed by atoms with Gasteiger partial charge in [0.2, 0.25) is 0 Å². The molecule has 0 saturated heterocycles. The smallest absolute Gasteiger partial charge is 0.303 e. The van der Waals surface area contributed by atoms with Crippen LogP contribution in [0.2, 0.25) is 0 Å². The molecule has 0 aromatic rings. The number of hydrogen-bond acceptors (Lipinski definition) is 3. The molecule has 12 heavy (non-hydrogen) atoms. The maximum absolute atomic E-state index is 10.2. The lowest BCUT2D eigenvalue weighted by Crippen LogP contribution is -2.41. The highest BCUT2D eigenvalue weighted by Crippen LogP contribution is 2.12. The van der Waals surface area contributed by atoms with Crippen LogP contribution < -0.4 is 5.73 Å². The largest absolute Gasteiger partial charge is 0.481 e. The normalized spacial score (nSPS) is 16.1. The molecule has 0 fully saturated rings. The van der Waals surface area contributed by atoms with Gasteiger partial charge in [0.25, 0.3) is 0 Å². The second-order valence-electron chi connectivity index (χ2n) is 3.37. The molecule has 1 atom stereocenters. The minimum absolute atomic E-state index is 0.0220. The molecular formula is C8H17NO3. The van der Waals surface area contributed by atoms with Crippen LogP contribution in [0, 0.1) is 0 Å². The van der Waals surface area contributed by atoms with Gasteiger partial charge < -0.3 is 15.6 Å². The monoisotopic (exact) mass is 175 g/mol. The third kappa shape index (κ3) is 6.12. The molecule has 0 amide bonds. The van der Waals surface area contributed by atoms with Crippen LogP contribution in [-0.2, 0) is 9.53 Å². The Bertz CT molecular complexity index is 154. The first-order valence-corrected chi connectivity index (χ1v) is 4.02. The summed E-state index contributed by atoms with van der Waals surface area (Å²) >= 11 is 0. The van der Waals surface area contributed by atoms with E-state index < -0.39 is 11.7 Å². The first-order valence-electron chi connectivity index (χ1n) is 4.02. The van der Waals surface area contributed by atoms with Gasteiger partial charge in [-0.3, -0.25) is 4.79 Å². The Morgan fingerprint density at radius 2 is 2.17 bits per heavy atom. The summed E-state index contributed by atoms with van der Waals surface area (Å²) in [6, 6.07) is 0. The van der Waals surface area contributed by atoms with Gasteiger partial charge in [0.1, 0.15) is 5.72 Å². The van der Waals surface area contributed by atoms with Crippen molar-refractivity contribution in [3.63, 3.8) is 0 Å². The van der Waals surface area contributed by atoms with E-state index in [0.29, 0.717) is 6.42 Å². The maximum Gasteiger partial charge on any atom is 0.303 e. The van der Waals surface area contributed by atoms with Crippen molar-refractivity contribution in [3.05, 3.63) is 0 Å². The summed E-state index contributed by atoms with van der Waals surface area (Å²) in [7, 11) is 0. The Hall–Kier alpha value is -0.610. The molecule has 0 aromatic heterocycles. The first-order chi connectivity index (χ1) is 5.33. The number of carboxylic acids is 1. The van der Waals surface area contributed by atoms with Crippen LogP contribution in [0.3, 0.4) is 0 Å². The number of hydrogen-bond donors (Lipinski definition) is 2. The second-order valence-corrected chi connectivity index (χ2v) is 3.37. The van der Waals surface area contributed by atoms with Gasteiger partial charge in [-0.25, -0.2) is 0 Å². The van der Waals surface area contributed by atoms with Gasteiger partial charge in [-0.15, -0.1) is 0 Å². The van der Waals surface area contributed by atoms with Gasteiger partial charge in [-0.2, -0.15) is 0 Å². The predicted molar refractivity (Wildman–Crippen MR) is 45.7 cm³/mol. The fourth-order valence-electron chi connectivity index (χ4n) is 0.953. The van der Waals surface area contributed by atoms with Crippen molar-refractivity contribution in [2.45, 2.75) is 45.4 Å². The van der Waals surface area contributed by atoms with E-state index >= 15 is 0 Å². The quantitative estimate of drug-likeness (QED) is 0.610. The molecule has 0 aromatic carbocycles. The SMILES string of the molecule is CC(C)OC(C)(N)CCC(=O)O. The summed E-state index contributed by atoms with van der Waals surface area (Å²) in [5, 5.41) is 8.40. The summed E-state index contributed by atoms with van der Waals surface area (Å²) in [6.45, 7) is 5.42. The molecule has 0 spiro atoms. The second kappa shape index (κ2) is 4.42. The summed E-state index contributed by atoms with van der Waals surface area (Å²) in [4.78, 5) is 10.2. The van der Waals surface area contributed by atoms with E-state index in [1.807, 2.05) is 13.8 Å². The van der Waals surface area contributed by atoms with Crippen LogP contribution in [0.5, 0.6) is 0 Å². The molecule has 0 saturated carbocycles. The average molecular weight is 175 g/mol. The zero-order valence-electron chi connectivity index (χ0n) is 7.83. The fraction of sp³-hybridized carbons (Fsp3) is 0.875. The van der Waals surface area contributed by atoms with Gasteiger partial charge in [0.05, 0.1) is 6.10 Å². The molecule has 4 heteroatoms. The van der Waals surface area contributed by atoms with Crippen molar-refractivity contribution in [1.29, 1.82) is 0 Å². The number of ether oxygens (including phenoxy) is 1. The molecular weight excluding hydrogens is 158 g/mol. The van der Waals surface area contributed by atoms with Gasteiger partial charge in [-0.1, -0.05) is 0 Å². The third-order valence-electron chi connectivity index (χ3n) is 1.34. The Morgan fingerprint density at radius 1 is 1.67 bits per heavy atom. The van der Waals surface area contributed by atoms with E-state index in [2.05, 4.69) is 0 Å². The zero-order chi connectivity index (χ0) is 9.78. The number of carboxylic acid groups (broad SMARTS) is 1. The van der Waals surface area contributed by atoms with Crippen molar-refractivity contribution >= 4 is 5.97 Å². The van der Waals surface area contributed by atoms with Crippen LogP contribution in [0.15, 0.2) is 0 Å². The zero-order valence-corrected chi connectivity index (χ0v) is 7.83. The fourth-order valence-corrected chi connectivity index (χ4v) is 0.953. The summed E-state index contributed by atoms with van der Waals surface area (Å²) < 4.78 is 5.30. The Morgan fingerprint density at radius 3 is 2.50 bits per heavy atom. The summed E-state index contributed by atoms with van der Waals surface area (Å²) in [5.74, 6) is -0.848. The molecule has 0 aliphatic heterocycles. The molecule has 0 aliphatic rings. The minimum atomic E-state index is -0.848. The van der Waals surface area contributed by atoms with Crippen molar-refractivity contribution < 1.29 is 14.6 Å². The van der Waals surface area contributed by atoms with Crippen molar-refractivity contribution in [2.75, 3.05) is 0 Å². The maximum atomic E-state index is 10.2. The molecule has 0 bridgehead atoms. The van der Waals surface area contributed by atoms with Crippen LogP contribution in [0.25, 0.3) is 0 Å². The molecule has 0 heterocycles. The molecule has 72 valence electrons. The van der Waals surface area contributed by atoms with Crippen LogP contribution in [0.1, 0.15) is 33.6 Å². The number of nitrogens with two attached hydrogens (primary N) is 1. The topological polar surface area (TPSA) is 72.5 Å².